The van der Waals surface area contributed by atoms with Gasteiger partial charge in [0.25, 0.3) is 11.1 Å². The van der Waals surface area contributed by atoms with E-state index in [1.165, 1.54) is 10.3 Å². The zero-order valence-corrected chi connectivity index (χ0v) is 19.7. The molecule has 0 aromatic heterocycles. The summed E-state index contributed by atoms with van der Waals surface area (Å²) in [6.45, 7) is 0.649. The van der Waals surface area contributed by atoms with Gasteiger partial charge >= 0.3 is 0 Å². The van der Waals surface area contributed by atoms with Crippen molar-refractivity contribution in [1.82, 2.24) is 4.90 Å². The maximum Gasteiger partial charge on any atom is 0.293 e. The third-order valence-electron chi connectivity index (χ3n) is 5.56. The van der Waals surface area contributed by atoms with E-state index >= 15 is 0 Å². The molecular weight excluding hydrogens is 466 g/mol. The molecule has 0 aliphatic carbocycles. The number of benzene rings is 4. The summed E-state index contributed by atoms with van der Waals surface area (Å²) in [5.41, 5.74) is 2.75. The molecule has 1 aliphatic rings. The van der Waals surface area contributed by atoms with Crippen LogP contribution in [0.15, 0.2) is 95.9 Å². The first kappa shape index (κ1) is 22.3. The molecule has 0 saturated carbocycles. The van der Waals surface area contributed by atoms with Gasteiger partial charge in [0, 0.05) is 5.02 Å². The van der Waals surface area contributed by atoms with Crippen LogP contribution < -0.4 is 4.74 Å². The standard InChI is InChI=1S/C28H20ClNO3S/c29-23-13-11-19(12-14-23)17-30-27(31)26(34-28(30)32)16-20-5-3-9-24(15-20)33-18-22-8-4-7-21-6-1-2-10-25(21)22/h1-16H,17-18H2. The zero-order chi connectivity index (χ0) is 23.5. The van der Waals surface area contributed by atoms with Gasteiger partial charge in [-0.3, -0.25) is 14.5 Å². The largest absolute Gasteiger partial charge is 0.489 e. The summed E-state index contributed by atoms with van der Waals surface area (Å²) in [4.78, 5) is 27.0. The lowest BCUT2D eigenvalue weighted by molar-refractivity contribution is -0.123. The minimum Gasteiger partial charge on any atom is -0.489 e. The van der Waals surface area contributed by atoms with Gasteiger partial charge in [-0.25, -0.2) is 0 Å². The second-order valence-electron chi connectivity index (χ2n) is 7.89. The van der Waals surface area contributed by atoms with Gasteiger partial charge in [0.2, 0.25) is 0 Å². The number of amides is 2. The van der Waals surface area contributed by atoms with Crippen molar-refractivity contribution in [3.05, 3.63) is 118 Å². The predicted octanol–water partition coefficient (Wildman–Crippen LogP) is 7.31. The molecule has 2 amide bonds. The van der Waals surface area contributed by atoms with E-state index in [0.29, 0.717) is 22.3 Å². The number of hydrogen-bond donors (Lipinski definition) is 0. The molecule has 0 radical (unpaired) electrons. The monoisotopic (exact) mass is 485 g/mol. The Kier molecular flexibility index (Phi) is 6.39. The van der Waals surface area contributed by atoms with E-state index in [9.17, 15) is 9.59 Å². The molecule has 0 unspecified atom stereocenters. The number of hydrogen-bond acceptors (Lipinski definition) is 4. The minimum atomic E-state index is -0.299. The number of ether oxygens (including phenoxy) is 1. The van der Waals surface area contributed by atoms with Crippen LogP contribution in [0.2, 0.25) is 5.02 Å². The van der Waals surface area contributed by atoms with Crippen LogP contribution in [0.4, 0.5) is 4.79 Å². The number of rotatable bonds is 6. The van der Waals surface area contributed by atoms with Gasteiger partial charge in [-0.15, -0.1) is 0 Å². The van der Waals surface area contributed by atoms with Crippen molar-refractivity contribution < 1.29 is 14.3 Å². The molecule has 168 valence electrons. The van der Waals surface area contributed by atoms with Crippen molar-refractivity contribution >= 4 is 51.4 Å². The number of carbonyl (C=O) groups is 2. The highest BCUT2D eigenvalue weighted by atomic mass is 35.5. The fourth-order valence-electron chi connectivity index (χ4n) is 3.83. The molecule has 5 rings (SSSR count). The van der Waals surface area contributed by atoms with Crippen LogP contribution in [0.25, 0.3) is 16.8 Å². The Labute approximate surface area is 206 Å². The quantitative estimate of drug-likeness (QED) is 0.269. The summed E-state index contributed by atoms with van der Waals surface area (Å²) >= 11 is 6.87. The lowest BCUT2D eigenvalue weighted by Crippen LogP contribution is -2.27. The minimum absolute atomic E-state index is 0.216. The Morgan fingerprint density at radius 2 is 1.65 bits per heavy atom. The SMILES string of the molecule is O=C1SC(=Cc2cccc(OCc3cccc4ccccc34)c2)C(=O)N1Cc1ccc(Cl)cc1. The van der Waals surface area contributed by atoms with E-state index < -0.39 is 0 Å². The van der Waals surface area contributed by atoms with Crippen molar-refractivity contribution in [2.24, 2.45) is 0 Å². The predicted molar refractivity (Wildman–Crippen MR) is 138 cm³/mol. The van der Waals surface area contributed by atoms with Gasteiger partial charge in [0.05, 0.1) is 11.4 Å². The Morgan fingerprint density at radius 1 is 0.882 bits per heavy atom. The second-order valence-corrected chi connectivity index (χ2v) is 9.32. The van der Waals surface area contributed by atoms with Crippen LogP contribution in [0.1, 0.15) is 16.7 Å². The maximum absolute atomic E-state index is 12.9. The first-order chi connectivity index (χ1) is 16.6. The van der Waals surface area contributed by atoms with E-state index in [4.69, 9.17) is 16.3 Å². The van der Waals surface area contributed by atoms with Gasteiger partial charge < -0.3 is 4.74 Å². The van der Waals surface area contributed by atoms with Crippen molar-refractivity contribution in [2.45, 2.75) is 13.2 Å². The van der Waals surface area contributed by atoms with Gasteiger partial charge in [-0.2, -0.15) is 0 Å². The molecule has 1 fully saturated rings. The summed E-state index contributed by atoms with van der Waals surface area (Å²) < 4.78 is 6.05. The average molecular weight is 486 g/mol. The van der Waals surface area contributed by atoms with Gasteiger partial charge in [0.15, 0.2) is 0 Å². The molecule has 34 heavy (non-hydrogen) atoms. The van der Waals surface area contributed by atoms with Crippen LogP contribution in [-0.4, -0.2) is 16.0 Å². The smallest absolute Gasteiger partial charge is 0.293 e. The maximum atomic E-state index is 12.9. The molecule has 4 aromatic carbocycles. The van der Waals surface area contributed by atoms with Crippen LogP contribution in [0, 0.1) is 0 Å². The molecule has 4 aromatic rings. The molecular formula is C28H20ClNO3S. The third kappa shape index (κ3) is 4.86. The van der Waals surface area contributed by atoms with Crippen LogP contribution in [0.5, 0.6) is 5.75 Å². The Balaban J connectivity index is 1.30. The molecule has 4 nitrogen and oxygen atoms in total. The second kappa shape index (κ2) is 9.75. The molecule has 0 atom stereocenters. The van der Waals surface area contributed by atoms with Crippen molar-refractivity contribution in [1.29, 1.82) is 0 Å². The summed E-state index contributed by atoms with van der Waals surface area (Å²) in [5, 5.41) is 2.66. The zero-order valence-electron chi connectivity index (χ0n) is 18.1. The summed E-state index contributed by atoms with van der Waals surface area (Å²) in [6.07, 6.45) is 1.73. The van der Waals surface area contributed by atoms with E-state index in [0.717, 1.165) is 33.8 Å². The van der Waals surface area contributed by atoms with Gasteiger partial charge in [-0.05, 0) is 69.6 Å². The fourth-order valence-corrected chi connectivity index (χ4v) is 4.80. The molecule has 0 spiro atoms. The lowest BCUT2D eigenvalue weighted by atomic mass is 10.1. The highest BCUT2D eigenvalue weighted by molar-refractivity contribution is 8.18. The van der Waals surface area contributed by atoms with Crippen LogP contribution in [0.3, 0.4) is 0 Å². The molecule has 1 heterocycles. The van der Waals surface area contributed by atoms with E-state index in [-0.39, 0.29) is 17.7 Å². The summed E-state index contributed by atoms with van der Waals surface area (Å²) in [6, 6.07) is 29.0. The van der Waals surface area contributed by atoms with Gasteiger partial charge in [-0.1, -0.05) is 78.3 Å². The molecule has 6 heteroatoms. The Bertz CT molecular complexity index is 1410. The Hall–Kier alpha value is -3.54. The average Bonchev–Trinajstić information content (AvgIpc) is 3.11. The molecule has 0 N–H and O–H groups in total. The van der Waals surface area contributed by atoms with Crippen LogP contribution in [-0.2, 0) is 17.9 Å². The van der Waals surface area contributed by atoms with Crippen molar-refractivity contribution in [3.63, 3.8) is 0 Å². The van der Waals surface area contributed by atoms with E-state index in [1.807, 2.05) is 54.6 Å². The van der Waals surface area contributed by atoms with Crippen LogP contribution >= 0.6 is 23.4 Å². The fraction of sp³-hybridized carbons (Fsp3) is 0.0714. The topological polar surface area (TPSA) is 46.6 Å². The number of fused-ring (bicyclic) bond motifs is 1. The number of thioether (sulfide) groups is 1. The molecule has 1 saturated heterocycles. The molecule has 1 aliphatic heterocycles. The first-order valence-corrected chi connectivity index (χ1v) is 12.0. The summed E-state index contributed by atoms with van der Waals surface area (Å²) in [5.74, 6) is 0.397. The highest BCUT2D eigenvalue weighted by Crippen LogP contribution is 2.34. The third-order valence-corrected chi connectivity index (χ3v) is 6.72. The first-order valence-electron chi connectivity index (χ1n) is 10.8. The van der Waals surface area contributed by atoms with Crippen molar-refractivity contribution in [3.8, 4) is 5.75 Å². The summed E-state index contributed by atoms with van der Waals surface area (Å²) in [7, 11) is 0. The van der Waals surface area contributed by atoms with Crippen molar-refractivity contribution in [2.75, 3.05) is 0 Å². The number of carbonyl (C=O) groups excluding carboxylic acids is 2. The normalized spacial score (nSPS) is 14.9. The molecule has 0 bridgehead atoms. The lowest BCUT2D eigenvalue weighted by Gasteiger charge is -2.12. The number of nitrogens with zero attached hydrogens (tertiary/aromatic N) is 1. The van der Waals surface area contributed by atoms with Gasteiger partial charge in [0.1, 0.15) is 12.4 Å². The number of halogens is 1. The Morgan fingerprint density at radius 3 is 2.50 bits per heavy atom. The highest BCUT2D eigenvalue weighted by Gasteiger charge is 2.34. The van der Waals surface area contributed by atoms with E-state index in [1.54, 1.807) is 18.2 Å². The van der Waals surface area contributed by atoms with E-state index in [2.05, 4.69) is 24.3 Å². The number of imide groups is 1.